The van der Waals surface area contributed by atoms with Gasteiger partial charge in [0.05, 0.1) is 0 Å². The Labute approximate surface area is 372 Å². The number of aryl methyl sites for hydroxylation is 2. The van der Waals surface area contributed by atoms with Crippen LogP contribution in [0.25, 0.3) is 0 Å². The van der Waals surface area contributed by atoms with Crippen LogP contribution in [0.3, 0.4) is 0 Å². The molecule has 0 bridgehead atoms. The van der Waals surface area contributed by atoms with Crippen molar-refractivity contribution in [1.29, 1.82) is 0 Å². The van der Waals surface area contributed by atoms with Gasteiger partial charge in [0.1, 0.15) is 48.4 Å². The number of esters is 8. The first-order valence-corrected chi connectivity index (χ1v) is 20.2. The normalized spacial score (nSPS) is 24.8. The maximum atomic E-state index is 12.6. The minimum atomic E-state index is -1.70. The van der Waals surface area contributed by atoms with E-state index in [1.54, 1.807) is 12.1 Å². The van der Waals surface area contributed by atoms with E-state index in [4.69, 9.17) is 56.8 Å². The lowest BCUT2D eigenvalue weighted by atomic mass is 9.97. The first-order valence-electron chi connectivity index (χ1n) is 20.2. The lowest BCUT2D eigenvalue weighted by Gasteiger charge is -2.44. The molecule has 2 aromatic carbocycles. The fourth-order valence-electron chi connectivity index (χ4n) is 6.98. The van der Waals surface area contributed by atoms with E-state index in [2.05, 4.69) is 0 Å². The monoisotopic (exact) mass is 920 g/mol. The number of aromatic hydroxyl groups is 2. The Balaban J connectivity index is 1.84. The minimum Gasteiger partial charge on any atom is -0.508 e. The Morgan fingerprint density at radius 1 is 0.477 bits per heavy atom. The van der Waals surface area contributed by atoms with Gasteiger partial charge >= 0.3 is 47.8 Å². The molecule has 2 aliphatic heterocycles. The van der Waals surface area contributed by atoms with Gasteiger partial charge in [0.25, 0.3) is 0 Å². The number of hydrogen-bond donors (Lipinski definition) is 2. The SMILES string of the molecule is CC(=O)OC[C@H]1OC(Oc2ccc(CCCc3ccc(O)cc3O)c(OC3O[C@H](COC(C)=O)[C@@H](OC(C)=O)[C@H](OC(C)=O)[C@H]3OC(C)=O)c2)[C@H](OC(C)=O)[C@@H](OC(C)=O)[C@@H]1OC(C)=O. The molecule has 22 heteroatoms. The van der Waals surface area contributed by atoms with Gasteiger partial charge in [-0.15, -0.1) is 0 Å². The molecule has 2 saturated heterocycles. The molecule has 22 nitrogen and oxygen atoms in total. The molecule has 2 N–H and O–H groups in total. The second-order valence-corrected chi connectivity index (χ2v) is 14.8. The zero-order valence-corrected chi connectivity index (χ0v) is 36.8. The first-order chi connectivity index (χ1) is 30.6. The van der Waals surface area contributed by atoms with Crippen LogP contribution in [-0.4, -0.2) is 133 Å². The van der Waals surface area contributed by atoms with Gasteiger partial charge < -0.3 is 67.1 Å². The van der Waals surface area contributed by atoms with Crippen molar-refractivity contribution in [2.75, 3.05) is 13.2 Å². The molecule has 2 fully saturated rings. The van der Waals surface area contributed by atoms with E-state index in [0.717, 1.165) is 55.4 Å². The molecule has 356 valence electrons. The summed E-state index contributed by atoms with van der Waals surface area (Å²) in [7, 11) is 0. The predicted octanol–water partition coefficient (Wildman–Crippen LogP) is 2.20. The molecule has 0 spiro atoms. The summed E-state index contributed by atoms with van der Waals surface area (Å²) in [5.74, 6) is -7.10. The lowest BCUT2D eigenvalue weighted by Crippen LogP contribution is -2.63. The van der Waals surface area contributed by atoms with E-state index < -0.39 is 122 Å². The molecule has 2 aromatic rings. The van der Waals surface area contributed by atoms with Gasteiger partial charge in [-0.25, -0.2) is 0 Å². The molecule has 65 heavy (non-hydrogen) atoms. The average molecular weight is 921 g/mol. The summed E-state index contributed by atoms with van der Waals surface area (Å²) in [6, 6.07) is 8.49. The van der Waals surface area contributed by atoms with Gasteiger partial charge in [-0.1, -0.05) is 12.1 Å². The summed E-state index contributed by atoms with van der Waals surface area (Å²) in [4.78, 5) is 98.3. The maximum absolute atomic E-state index is 12.6. The third-order valence-electron chi connectivity index (χ3n) is 9.39. The zero-order chi connectivity index (χ0) is 48.1. The zero-order valence-electron chi connectivity index (χ0n) is 36.8. The second kappa shape index (κ2) is 23.3. The highest BCUT2D eigenvalue weighted by molar-refractivity contribution is 5.70. The van der Waals surface area contributed by atoms with Crippen LogP contribution in [0.1, 0.15) is 72.9 Å². The number of ether oxygens (including phenoxy) is 12. The van der Waals surface area contributed by atoms with Crippen molar-refractivity contribution in [3.8, 4) is 23.0 Å². The second-order valence-electron chi connectivity index (χ2n) is 14.8. The Bertz CT molecular complexity index is 2070. The highest BCUT2D eigenvalue weighted by Gasteiger charge is 2.55. The number of phenolic OH excluding ortho intramolecular Hbond substituents is 2. The van der Waals surface area contributed by atoms with Gasteiger partial charge in [0.15, 0.2) is 24.4 Å². The van der Waals surface area contributed by atoms with Gasteiger partial charge in [-0.3, -0.25) is 38.4 Å². The van der Waals surface area contributed by atoms with Crippen LogP contribution >= 0.6 is 0 Å². The fraction of sp³-hybridized carbons (Fsp3) is 0.535. The van der Waals surface area contributed by atoms with E-state index >= 15 is 0 Å². The number of hydrogen-bond acceptors (Lipinski definition) is 22. The smallest absolute Gasteiger partial charge is 0.303 e. The molecule has 0 aliphatic carbocycles. The van der Waals surface area contributed by atoms with E-state index in [9.17, 15) is 48.6 Å². The van der Waals surface area contributed by atoms with Crippen LogP contribution in [0.5, 0.6) is 23.0 Å². The Kier molecular flexibility index (Phi) is 18.3. The van der Waals surface area contributed by atoms with Crippen molar-refractivity contribution in [3.05, 3.63) is 47.5 Å². The number of rotatable bonds is 18. The van der Waals surface area contributed by atoms with E-state index in [-0.39, 0.29) is 29.4 Å². The Morgan fingerprint density at radius 2 is 0.877 bits per heavy atom. The third-order valence-corrected chi connectivity index (χ3v) is 9.39. The van der Waals surface area contributed by atoms with Crippen molar-refractivity contribution >= 4 is 47.8 Å². The molecule has 0 aromatic heterocycles. The van der Waals surface area contributed by atoms with Crippen LogP contribution in [0.15, 0.2) is 36.4 Å². The van der Waals surface area contributed by atoms with Crippen LogP contribution in [0.2, 0.25) is 0 Å². The first kappa shape index (κ1) is 51.0. The van der Waals surface area contributed by atoms with Crippen LogP contribution in [0.4, 0.5) is 0 Å². The number of carbonyl (C=O) groups excluding carboxylic acids is 8. The summed E-state index contributed by atoms with van der Waals surface area (Å²) < 4.78 is 68.4. The number of carbonyl (C=O) groups is 8. The molecule has 10 atom stereocenters. The van der Waals surface area contributed by atoms with Crippen molar-refractivity contribution in [1.82, 2.24) is 0 Å². The third kappa shape index (κ3) is 15.2. The van der Waals surface area contributed by atoms with E-state index in [1.165, 1.54) is 24.3 Å². The number of phenols is 2. The Hall–Kier alpha value is -6.68. The maximum Gasteiger partial charge on any atom is 0.303 e. The molecule has 2 unspecified atom stereocenters. The van der Waals surface area contributed by atoms with Gasteiger partial charge in [0, 0.05) is 67.5 Å². The highest BCUT2D eigenvalue weighted by Crippen LogP contribution is 2.37. The molecule has 0 saturated carbocycles. The summed E-state index contributed by atoms with van der Waals surface area (Å²) in [5.41, 5.74) is 0.943. The topological polar surface area (TPSA) is 288 Å². The highest BCUT2D eigenvalue weighted by atomic mass is 16.8. The molecule has 0 amide bonds. The average Bonchev–Trinajstić information content (AvgIpc) is 3.18. The molecule has 2 heterocycles. The molecular weight excluding hydrogens is 868 g/mol. The summed E-state index contributed by atoms with van der Waals surface area (Å²) in [6.07, 6.45) is -14.6. The van der Waals surface area contributed by atoms with Crippen LogP contribution in [-0.2, 0) is 98.6 Å². The molecule has 2 aliphatic rings. The largest absolute Gasteiger partial charge is 0.508 e. The number of benzene rings is 2. The van der Waals surface area contributed by atoms with Crippen molar-refractivity contribution in [2.24, 2.45) is 0 Å². The summed E-state index contributed by atoms with van der Waals surface area (Å²) in [5, 5.41) is 20.2. The van der Waals surface area contributed by atoms with Crippen LogP contribution < -0.4 is 9.47 Å². The van der Waals surface area contributed by atoms with Crippen molar-refractivity contribution in [2.45, 2.75) is 136 Å². The van der Waals surface area contributed by atoms with Crippen molar-refractivity contribution < 1.29 is 105 Å². The quantitative estimate of drug-likeness (QED) is 0.160. The summed E-state index contributed by atoms with van der Waals surface area (Å²) >= 11 is 0. The summed E-state index contributed by atoms with van der Waals surface area (Å²) in [6.45, 7) is 7.51. The molecular formula is C43H52O22. The Morgan fingerprint density at radius 3 is 1.31 bits per heavy atom. The minimum absolute atomic E-state index is 0.0380. The lowest BCUT2D eigenvalue weighted by molar-refractivity contribution is -0.289. The standard InChI is InChI=1S/C43H52O22/c1-20(44)54-18-34-36(56-22(3)46)38(58-24(5)48)40(60-26(7)50)42(64-34)62-31-15-13-29(11-9-10-28-12-14-30(52)16-32(28)53)33(17-31)63-43-41(61-27(8)51)39(59-25(6)49)37(57-23(4)47)35(65-43)19-55-21(2)45/h12-17,34-43,52-53H,9-11,18-19H2,1-8H3/t34-,35-,36-,37-,38+,39+,40-,41-,42?,43?/m1/s1. The fourth-order valence-corrected chi connectivity index (χ4v) is 6.98. The molecule has 0 radical (unpaired) electrons. The molecule has 4 rings (SSSR count). The predicted molar refractivity (Wildman–Crippen MR) is 213 cm³/mol. The van der Waals surface area contributed by atoms with E-state index in [1.807, 2.05) is 0 Å². The van der Waals surface area contributed by atoms with Gasteiger partial charge in [-0.05, 0) is 42.5 Å². The van der Waals surface area contributed by atoms with Crippen molar-refractivity contribution in [3.63, 3.8) is 0 Å². The van der Waals surface area contributed by atoms with Crippen LogP contribution in [0, 0.1) is 0 Å². The van der Waals surface area contributed by atoms with E-state index in [0.29, 0.717) is 24.0 Å². The van der Waals surface area contributed by atoms with Gasteiger partial charge in [-0.2, -0.15) is 0 Å². The van der Waals surface area contributed by atoms with Gasteiger partial charge in [0.2, 0.25) is 24.8 Å².